The molecule has 0 bridgehead atoms. The van der Waals surface area contributed by atoms with E-state index in [4.69, 9.17) is 14.6 Å². The van der Waals surface area contributed by atoms with Crippen molar-refractivity contribution in [3.8, 4) is 5.75 Å². The molecule has 21 heavy (non-hydrogen) atoms. The lowest BCUT2D eigenvalue weighted by atomic mass is 10.1. The quantitative estimate of drug-likeness (QED) is 0.533. The zero-order valence-electron chi connectivity index (χ0n) is 12.3. The van der Waals surface area contributed by atoms with Crippen LogP contribution in [0.1, 0.15) is 31.4 Å². The van der Waals surface area contributed by atoms with Crippen LogP contribution in [0.5, 0.6) is 5.75 Å². The van der Waals surface area contributed by atoms with Gasteiger partial charge in [0.2, 0.25) is 0 Å². The number of carboxylic acids is 1. The van der Waals surface area contributed by atoms with Crippen molar-refractivity contribution in [2.45, 2.75) is 25.8 Å². The van der Waals surface area contributed by atoms with Crippen LogP contribution in [0.25, 0.3) is 0 Å². The van der Waals surface area contributed by atoms with E-state index in [0.29, 0.717) is 19.6 Å². The summed E-state index contributed by atoms with van der Waals surface area (Å²) in [5.41, 5.74) is 0.751. The van der Waals surface area contributed by atoms with E-state index in [-0.39, 0.29) is 6.42 Å². The number of carbonyl (C=O) groups excluding carboxylic acids is 1. The second-order valence-corrected chi connectivity index (χ2v) is 4.41. The average molecular weight is 295 g/mol. The van der Waals surface area contributed by atoms with E-state index in [0.717, 1.165) is 11.3 Å². The number of carboxylic acid groups (broad SMARTS) is 1. The molecule has 0 aliphatic rings. The van der Waals surface area contributed by atoms with Crippen molar-refractivity contribution in [2.75, 3.05) is 20.3 Å². The Morgan fingerprint density at radius 3 is 2.48 bits per heavy atom. The van der Waals surface area contributed by atoms with Gasteiger partial charge in [0.25, 0.3) is 0 Å². The molecule has 0 aliphatic carbocycles. The van der Waals surface area contributed by atoms with Crippen molar-refractivity contribution in [2.24, 2.45) is 0 Å². The Labute approximate surface area is 124 Å². The van der Waals surface area contributed by atoms with Gasteiger partial charge in [0.15, 0.2) is 0 Å². The standard InChI is InChI=1S/C15H21NO5/c1-3-21-12-8-6-11(7-9-12)14(15(19)20-2)16-10-4-5-13(17)18/h6-9,14,16H,3-5,10H2,1-2H3,(H,17,18). The van der Waals surface area contributed by atoms with E-state index < -0.39 is 18.0 Å². The largest absolute Gasteiger partial charge is 0.494 e. The lowest BCUT2D eigenvalue weighted by molar-refractivity contribution is -0.143. The maximum absolute atomic E-state index is 11.8. The molecule has 0 aliphatic heterocycles. The van der Waals surface area contributed by atoms with E-state index in [2.05, 4.69) is 5.32 Å². The van der Waals surface area contributed by atoms with Gasteiger partial charge in [0.05, 0.1) is 13.7 Å². The summed E-state index contributed by atoms with van der Waals surface area (Å²) >= 11 is 0. The highest BCUT2D eigenvalue weighted by Crippen LogP contribution is 2.19. The van der Waals surface area contributed by atoms with Gasteiger partial charge < -0.3 is 19.9 Å². The number of benzene rings is 1. The van der Waals surface area contributed by atoms with Crippen molar-refractivity contribution >= 4 is 11.9 Å². The Morgan fingerprint density at radius 1 is 1.29 bits per heavy atom. The highest BCUT2D eigenvalue weighted by molar-refractivity contribution is 5.77. The van der Waals surface area contributed by atoms with Gasteiger partial charge in [-0.25, -0.2) is 4.79 Å². The highest BCUT2D eigenvalue weighted by atomic mass is 16.5. The molecule has 1 aromatic carbocycles. The topological polar surface area (TPSA) is 84.9 Å². The van der Waals surface area contributed by atoms with Gasteiger partial charge in [-0.1, -0.05) is 12.1 Å². The maximum Gasteiger partial charge on any atom is 0.327 e. The third-order valence-electron chi connectivity index (χ3n) is 2.88. The zero-order chi connectivity index (χ0) is 15.7. The zero-order valence-corrected chi connectivity index (χ0v) is 12.3. The molecule has 2 N–H and O–H groups in total. The summed E-state index contributed by atoms with van der Waals surface area (Å²) in [7, 11) is 1.32. The number of aliphatic carboxylic acids is 1. The van der Waals surface area contributed by atoms with Gasteiger partial charge >= 0.3 is 11.9 Å². The molecule has 1 unspecified atom stereocenters. The first-order valence-electron chi connectivity index (χ1n) is 6.84. The number of hydrogen-bond donors (Lipinski definition) is 2. The van der Waals surface area contributed by atoms with E-state index in [1.165, 1.54) is 7.11 Å². The maximum atomic E-state index is 11.8. The number of esters is 1. The molecular formula is C15H21NO5. The summed E-state index contributed by atoms with van der Waals surface area (Å²) in [6.07, 6.45) is 0.504. The van der Waals surface area contributed by atoms with Gasteiger partial charge in [-0.3, -0.25) is 4.79 Å². The molecule has 0 heterocycles. The molecule has 6 heteroatoms. The van der Waals surface area contributed by atoms with Crippen molar-refractivity contribution in [3.05, 3.63) is 29.8 Å². The first-order chi connectivity index (χ1) is 10.1. The summed E-state index contributed by atoms with van der Waals surface area (Å²) in [5, 5.41) is 11.6. The summed E-state index contributed by atoms with van der Waals surface area (Å²) in [6, 6.07) is 6.54. The molecule has 0 fully saturated rings. The Balaban J connectivity index is 2.68. The normalized spacial score (nSPS) is 11.7. The van der Waals surface area contributed by atoms with Crippen molar-refractivity contribution in [1.82, 2.24) is 5.32 Å². The average Bonchev–Trinajstić information content (AvgIpc) is 2.48. The lowest BCUT2D eigenvalue weighted by Gasteiger charge is -2.17. The lowest BCUT2D eigenvalue weighted by Crippen LogP contribution is -2.30. The minimum absolute atomic E-state index is 0.0597. The summed E-state index contributed by atoms with van der Waals surface area (Å²) in [6.45, 7) is 2.89. The number of nitrogens with one attached hydrogen (secondary N) is 1. The minimum atomic E-state index is -0.854. The van der Waals surface area contributed by atoms with Crippen molar-refractivity contribution in [1.29, 1.82) is 0 Å². The number of hydrogen-bond acceptors (Lipinski definition) is 5. The van der Waals surface area contributed by atoms with Gasteiger partial charge in [-0.15, -0.1) is 0 Å². The molecule has 0 radical (unpaired) electrons. The fourth-order valence-electron chi connectivity index (χ4n) is 1.86. The SMILES string of the molecule is CCOc1ccc(C(NCCCC(=O)O)C(=O)OC)cc1. The molecule has 0 saturated carbocycles. The van der Waals surface area contributed by atoms with E-state index >= 15 is 0 Å². The Morgan fingerprint density at radius 2 is 1.95 bits per heavy atom. The minimum Gasteiger partial charge on any atom is -0.494 e. The Bertz CT molecular complexity index is 458. The van der Waals surface area contributed by atoms with Crippen molar-refractivity contribution < 1.29 is 24.2 Å². The van der Waals surface area contributed by atoms with E-state index in [9.17, 15) is 9.59 Å². The first-order valence-corrected chi connectivity index (χ1v) is 6.84. The molecule has 0 spiro atoms. The smallest absolute Gasteiger partial charge is 0.327 e. The van der Waals surface area contributed by atoms with Crippen LogP contribution < -0.4 is 10.1 Å². The second-order valence-electron chi connectivity index (χ2n) is 4.41. The molecule has 1 rings (SSSR count). The van der Waals surface area contributed by atoms with Crippen LogP contribution in [-0.2, 0) is 14.3 Å². The first kappa shape index (κ1) is 17.0. The van der Waals surface area contributed by atoms with Crippen LogP contribution in [0.3, 0.4) is 0 Å². The predicted molar refractivity (Wildman–Crippen MR) is 77.2 cm³/mol. The molecule has 0 saturated heterocycles. The number of rotatable bonds is 9. The Kier molecular flexibility index (Phi) is 7.25. The van der Waals surface area contributed by atoms with Crippen LogP contribution in [-0.4, -0.2) is 37.3 Å². The van der Waals surface area contributed by atoms with Crippen LogP contribution in [0.2, 0.25) is 0 Å². The highest BCUT2D eigenvalue weighted by Gasteiger charge is 2.20. The monoisotopic (exact) mass is 295 g/mol. The number of methoxy groups -OCH3 is 1. The third kappa shape index (κ3) is 5.83. The molecule has 6 nitrogen and oxygen atoms in total. The molecule has 0 aromatic heterocycles. The van der Waals surface area contributed by atoms with Crippen LogP contribution in [0.4, 0.5) is 0 Å². The van der Waals surface area contributed by atoms with Gasteiger partial charge in [-0.2, -0.15) is 0 Å². The molecular weight excluding hydrogens is 274 g/mol. The van der Waals surface area contributed by atoms with E-state index in [1.54, 1.807) is 24.3 Å². The summed E-state index contributed by atoms with van der Waals surface area (Å²) < 4.78 is 10.1. The fourth-order valence-corrected chi connectivity index (χ4v) is 1.86. The van der Waals surface area contributed by atoms with Gasteiger partial charge in [-0.05, 0) is 37.6 Å². The van der Waals surface area contributed by atoms with Crippen molar-refractivity contribution in [3.63, 3.8) is 0 Å². The molecule has 1 aromatic rings. The van der Waals surface area contributed by atoms with E-state index in [1.807, 2.05) is 6.92 Å². The third-order valence-corrected chi connectivity index (χ3v) is 2.88. The second kappa shape index (κ2) is 8.97. The van der Waals surface area contributed by atoms with Gasteiger partial charge in [0.1, 0.15) is 11.8 Å². The Hall–Kier alpha value is -2.08. The van der Waals surface area contributed by atoms with Crippen LogP contribution in [0.15, 0.2) is 24.3 Å². The summed E-state index contributed by atoms with van der Waals surface area (Å²) in [4.78, 5) is 22.3. The fraction of sp³-hybridized carbons (Fsp3) is 0.467. The van der Waals surface area contributed by atoms with Crippen LogP contribution >= 0.6 is 0 Å². The summed E-state index contributed by atoms with van der Waals surface area (Å²) in [5.74, 6) is -0.530. The molecule has 1 atom stereocenters. The number of carbonyl (C=O) groups is 2. The van der Waals surface area contributed by atoms with Gasteiger partial charge in [0, 0.05) is 6.42 Å². The molecule has 0 amide bonds. The predicted octanol–water partition coefficient (Wildman–Crippen LogP) is 1.75. The molecule has 116 valence electrons. The number of ether oxygens (including phenoxy) is 2. The van der Waals surface area contributed by atoms with Crippen LogP contribution in [0, 0.1) is 0 Å².